The van der Waals surface area contributed by atoms with Crippen molar-refractivity contribution < 1.29 is 24.2 Å². The van der Waals surface area contributed by atoms with Crippen molar-refractivity contribution in [3.63, 3.8) is 0 Å². The highest BCUT2D eigenvalue weighted by Crippen LogP contribution is 2.12. The van der Waals surface area contributed by atoms with E-state index < -0.39 is 23.8 Å². The summed E-state index contributed by atoms with van der Waals surface area (Å²) in [6, 6.07) is 8.37. The Bertz CT molecular complexity index is 589. The van der Waals surface area contributed by atoms with Gasteiger partial charge in [0.05, 0.1) is 13.0 Å². The summed E-state index contributed by atoms with van der Waals surface area (Å²) in [5.74, 6) is -1.97. The van der Waals surface area contributed by atoms with Gasteiger partial charge in [0, 0.05) is 13.5 Å². The van der Waals surface area contributed by atoms with E-state index in [1.54, 1.807) is 0 Å². The summed E-state index contributed by atoms with van der Waals surface area (Å²) >= 11 is 0. The summed E-state index contributed by atoms with van der Waals surface area (Å²) in [5, 5.41) is 10.5. The van der Waals surface area contributed by atoms with Crippen molar-refractivity contribution in [3.8, 4) is 0 Å². The van der Waals surface area contributed by atoms with E-state index in [2.05, 4.69) is 5.43 Å². The Morgan fingerprint density at radius 1 is 1.15 bits per heavy atom. The normalized spacial score (nSPS) is 11.8. The summed E-state index contributed by atoms with van der Waals surface area (Å²) in [7, 11) is 1.46. The zero-order valence-corrected chi connectivity index (χ0v) is 15.6. The molecule has 0 heterocycles. The second kappa shape index (κ2) is 11.3. The number of methoxy groups -OCH3 is 1. The Morgan fingerprint density at radius 2 is 1.81 bits per heavy atom. The number of carboxylic acids is 1. The van der Waals surface area contributed by atoms with Crippen LogP contribution in [-0.4, -0.2) is 47.7 Å². The van der Waals surface area contributed by atoms with Crippen molar-refractivity contribution in [1.29, 1.82) is 0 Å². The van der Waals surface area contributed by atoms with E-state index in [0.29, 0.717) is 6.42 Å². The molecule has 1 atom stereocenters. The third kappa shape index (κ3) is 7.65. The first kappa shape index (κ1) is 21.6. The number of hydrazine groups is 1. The van der Waals surface area contributed by atoms with Crippen LogP contribution in [0.1, 0.15) is 38.7 Å². The van der Waals surface area contributed by atoms with E-state index in [1.807, 2.05) is 44.2 Å². The Morgan fingerprint density at radius 3 is 2.35 bits per heavy atom. The van der Waals surface area contributed by atoms with E-state index in [9.17, 15) is 19.5 Å². The third-order valence-electron chi connectivity index (χ3n) is 3.81. The molecule has 144 valence electrons. The number of hydrogen-bond donors (Lipinski definition) is 2. The lowest BCUT2D eigenvalue weighted by Gasteiger charge is -2.30. The molecule has 0 saturated heterocycles. The monoisotopic (exact) mass is 364 g/mol. The highest BCUT2D eigenvalue weighted by atomic mass is 16.5. The molecule has 0 aromatic heterocycles. The van der Waals surface area contributed by atoms with Gasteiger partial charge in [-0.2, -0.15) is 0 Å². The fourth-order valence-corrected chi connectivity index (χ4v) is 2.48. The minimum absolute atomic E-state index is 0.00264. The van der Waals surface area contributed by atoms with E-state index in [1.165, 1.54) is 7.11 Å². The molecular formula is C19H28N2O5. The van der Waals surface area contributed by atoms with Gasteiger partial charge in [-0.3, -0.25) is 15.0 Å². The van der Waals surface area contributed by atoms with Crippen molar-refractivity contribution in [2.24, 2.45) is 5.92 Å². The van der Waals surface area contributed by atoms with Crippen molar-refractivity contribution in [2.45, 2.75) is 45.6 Å². The van der Waals surface area contributed by atoms with E-state index in [-0.39, 0.29) is 31.8 Å². The zero-order valence-electron chi connectivity index (χ0n) is 15.6. The number of nitrogens with one attached hydrogen (secondary N) is 1. The molecular weight excluding hydrogens is 336 g/mol. The number of aryl methyl sites for hydroxylation is 1. The molecule has 0 aliphatic carbocycles. The molecule has 0 aliphatic heterocycles. The maximum Gasteiger partial charge on any atom is 0.328 e. The number of amides is 2. The van der Waals surface area contributed by atoms with Gasteiger partial charge in [0.1, 0.15) is 0 Å². The molecule has 0 radical (unpaired) electrons. The van der Waals surface area contributed by atoms with Gasteiger partial charge in [0.15, 0.2) is 6.04 Å². The Kier molecular flexibility index (Phi) is 9.36. The molecule has 1 rings (SSSR count). The van der Waals surface area contributed by atoms with E-state index >= 15 is 0 Å². The lowest BCUT2D eigenvalue weighted by molar-refractivity contribution is -0.157. The maximum absolute atomic E-state index is 12.4. The number of carbonyl (C=O) groups is 3. The van der Waals surface area contributed by atoms with Crippen molar-refractivity contribution in [3.05, 3.63) is 35.9 Å². The summed E-state index contributed by atoms with van der Waals surface area (Å²) in [4.78, 5) is 36.3. The number of ether oxygens (including phenoxy) is 1. The van der Waals surface area contributed by atoms with Crippen LogP contribution in [0, 0.1) is 5.92 Å². The lowest BCUT2D eigenvalue weighted by Crippen LogP contribution is -2.55. The molecule has 7 nitrogen and oxygen atoms in total. The average Bonchev–Trinajstić information content (AvgIpc) is 2.61. The third-order valence-corrected chi connectivity index (χ3v) is 3.81. The standard InChI is InChI=1S/C19H28N2O5/c1-14(2)13-16(19(24)25)21(18(23)11-12-26-3)20-17(22)10-9-15-7-5-4-6-8-15/h4-8,14,16H,9-13H2,1-3H3,(H,20,22)(H,24,25)/t16-/m0/s1. The Balaban J connectivity index is 2.80. The summed E-state index contributed by atoms with van der Waals surface area (Å²) in [6.45, 7) is 3.89. The molecule has 0 bridgehead atoms. The van der Waals surface area contributed by atoms with Gasteiger partial charge < -0.3 is 9.84 Å². The quantitative estimate of drug-likeness (QED) is 0.619. The fraction of sp³-hybridized carbons (Fsp3) is 0.526. The lowest BCUT2D eigenvalue weighted by atomic mass is 10.0. The van der Waals surface area contributed by atoms with Crippen LogP contribution in [0.15, 0.2) is 30.3 Å². The number of nitrogens with zero attached hydrogens (tertiary/aromatic N) is 1. The number of benzene rings is 1. The number of rotatable bonds is 10. The maximum atomic E-state index is 12.4. The number of aliphatic carboxylic acids is 1. The second-order valence-electron chi connectivity index (χ2n) is 6.51. The van der Waals surface area contributed by atoms with Crippen LogP contribution < -0.4 is 5.43 Å². The van der Waals surface area contributed by atoms with E-state index in [0.717, 1.165) is 10.6 Å². The van der Waals surface area contributed by atoms with Crippen molar-refractivity contribution in [1.82, 2.24) is 10.4 Å². The molecule has 1 aromatic rings. The molecule has 0 fully saturated rings. The average molecular weight is 364 g/mol. The van der Waals surface area contributed by atoms with Crippen molar-refractivity contribution >= 4 is 17.8 Å². The Labute approximate surface area is 154 Å². The van der Waals surface area contributed by atoms with Crippen LogP contribution in [0.3, 0.4) is 0 Å². The van der Waals surface area contributed by atoms with Gasteiger partial charge >= 0.3 is 5.97 Å². The highest BCUT2D eigenvalue weighted by molar-refractivity contribution is 5.86. The fourth-order valence-electron chi connectivity index (χ4n) is 2.48. The summed E-state index contributed by atoms with van der Waals surface area (Å²) < 4.78 is 4.89. The molecule has 2 amide bonds. The second-order valence-corrected chi connectivity index (χ2v) is 6.51. The van der Waals surface area contributed by atoms with Gasteiger partial charge in [-0.1, -0.05) is 44.2 Å². The SMILES string of the molecule is COCCC(=O)N(NC(=O)CCc1ccccc1)[C@@H](CC(C)C)C(=O)O. The first-order valence-electron chi connectivity index (χ1n) is 8.72. The number of hydrogen-bond acceptors (Lipinski definition) is 4. The predicted octanol–water partition coefficient (Wildman–Crippen LogP) is 2.01. The van der Waals surface area contributed by atoms with Gasteiger partial charge in [-0.15, -0.1) is 0 Å². The summed E-state index contributed by atoms with van der Waals surface area (Å²) in [6.07, 6.45) is 0.908. The number of carbonyl (C=O) groups excluding carboxylic acids is 2. The molecule has 1 aromatic carbocycles. The largest absolute Gasteiger partial charge is 0.480 e. The molecule has 0 saturated carbocycles. The first-order chi connectivity index (χ1) is 12.3. The van der Waals surface area contributed by atoms with Gasteiger partial charge in [-0.05, 0) is 24.3 Å². The molecule has 26 heavy (non-hydrogen) atoms. The minimum Gasteiger partial charge on any atom is -0.480 e. The topological polar surface area (TPSA) is 95.9 Å². The van der Waals surface area contributed by atoms with Crippen LogP contribution in [0.5, 0.6) is 0 Å². The van der Waals surface area contributed by atoms with Crippen LogP contribution in [0.4, 0.5) is 0 Å². The molecule has 2 N–H and O–H groups in total. The van der Waals surface area contributed by atoms with Gasteiger partial charge in [0.2, 0.25) is 11.8 Å². The van der Waals surface area contributed by atoms with Crippen LogP contribution in [0.2, 0.25) is 0 Å². The van der Waals surface area contributed by atoms with Crippen LogP contribution >= 0.6 is 0 Å². The van der Waals surface area contributed by atoms with Crippen LogP contribution in [-0.2, 0) is 25.5 Å². The number of carboxylic acid groups (broad SMARTS) is 1. The molecule has 0 unspecified atom stereocenters. The first-order valence-corrected chi connectivity index (χ1v) is 8.72. The molecule has 7 heteroatoms. The zero-order chi connectivity index (χ0) is 19.5. The van der Waals surface area contributed by atoms with Crippen molar-refractivity contribution in [2.75, 3.05) is 13.7 Å². The molecule has 0 spiro atoms. The highest BCUT2D eigenvalue weighted by Gasteiger charge is 2.31. The van der Waals surface area contributed by atoms with Crippen LogP contribution in [0.25, 0.3) is 0 Å². The predicted molar refractivity (Wildman–Crippen MR) is 97.1 cm³/mol. The minimum atomic E-state index is -1.15. The van der Waals surface area contributed by atoms with Gasteiger partial charge in [0.25, 0.3) is 0 Å². The molecule has 0 aliphatic rings. The smallest absolute Gasteiger partial charge is 0.328 e. The van der Waals surface area contributed by atoms with E-state index in [4.69, 9.17) is 4.74 Å². The summed E-state index contributed by atoms with van der Waals surface area (Å²) in [5.41, 5.74) is 3.49. The van der Waals surface area contributed by atoms with Gasteiger partial charge in [-0.25, -0.2) is 9.80 Å². The Hall–Kier alpha value is -2.41.